The van der Waals surface area contributed by atoms with Crippen LogP contribution in [0.25, 0.3) is 0 Å². The van der Waals surface area contributed by atoms with Gasteiger partial charge in [0.25, 0.3) is 5.91 Å². The smallest absolute Gasteiger partial charge is 0.272 e. The summed E-state index contributed by atoms with van der Waals surface area (Å²) < 4.78 is 0. The van der Waals surface area contributed by atoms with Crippen molar-refractivity contribution in [2.75, 3.05) is 7.05 Å². The van der Waals surface area contributed by atoms with Gasteiger partial charge in [-0.3, -0.25) is 15.0 Å². The maximum atomic E-state index is 13.4. The van der Waals surface area contributed by atoms with Gasteiger partial charge in [0.2, 0.25) is 5.91 Å². The Kier molecular flexibility index (Phi) is 12.9. The molecule has 0 spiro atoms. The van der Waals surface area contributed by atoms with Crippen molar-refractivity contribution in [1.29, 1.82) is 0 Å². The number of hydrogen-bond acceptors (Lipinski definition) is 4. The van der Waals surface area contributed by atoms with E-state index >= 15 is 0 Å². The first kappa shape index (κ1) is 30.1. The van der Waals surface area contributed by atoms with Gasteiger partial charge >= 0.3 is 6.03 Å². The lowest BCUT2D eigenvalue weighted by molar-refractivity contribution is -0.132. The number of hydrogen-bond donors (Lipinski definition) is 3. The van der Waals surface area contributed by atoms with Gasteiger partial charge in [-0.05, 0) is 31.9 Å². The van der Waals surface area contributed by atoms with Crippen LogP contribution in [-0.2, 0) is 4.79 Å². The fourth-order valence-corrected chi connectivity index (χ4v) is 4.45. The highest BCUT2D eigenvalue weighted by molar-refractivity contribution is 5.95. The van der Waals surface area contributed by atoms with Crippen LogP contribution in [0.5, 0.6) is 0 Å². The van der Waals surface area contributed by atoms with Crippen LogP contribution in [0.15, 0.2) is 54.1 Å². The predicted molar refractivity (Wildman–Crippen MR) is 148 cm³/mol. The van der Waals surface area contributed by atoms with E-state index in [1.54, 1.807) is 30.3 Å². The maximum absolute atomic E-state index is 13.4. The molecule has 37 heavy (non-hydrogen) atoms. The zero-order valence-corrected chi connectivity index (χ0v) is 22.8. The molecule has 0 saturated carbocycles. The molecule has 204 valence electrons. The number of nitrogens with one attached hydrogen (secondary N) is 2. The van der Waals surface area contributed by atoms with Crippen LogP contribution in [0.1, 0.15) is 101 Å². The number of nitrogens with zero attached hydrogens (tertiary/aromatic N) is 2. The first-order valence-electron chi connectivity index (χ1n) is 13.6. The number of benzene rings is 1. The van der Waals surface area contributed by atoms with Crippen LogP contribution in [0.2, 0.25) is 0 Å². The number of carbonyl (C=O) groups is 3. The molecule has 0 radical (unpaired) electrons. The molecule has 1 aromatic carbocycles. The quantitative estimate of drug-likeness (QED) is 0.135. The van der Waals surface area contributed by atoms with Gasteiger partial charge in [-0.1, -0.05) is 113 Å². The first-order valence-corrected chi connectivity index (χ1v) is 13.6. The zero-order valence-electron chi connectivity index (χ0n) is 22.8. The van der Waals surface area contributed by atoms with E-state index in [0.29, 0.717) is 23.5 Å². The fraction of sp³-hybridized carbons (Fsp3) is 0.552. The molecule has 1 aromatic rings. The molecular weight excluding hydrogens is 466 g/mol. The van der Waals surface area contributed by atoms with Gasteiger partial charge in [0.15, 0.2) is 0 Å². The number of allylic oxidation sites excluding steroid dienone is 3. The number of rotatable bonds is 13. The van der Waals surface area contributed by atoms with Crippen molar-refractivity contribution >= 4 is 17.8 Å². The van der Waals surface area contributed by atoms with Gasteiger partial charge in [-0.15, -0.1) is 0 Å². The minimum Gasteiger partial charge on any atom is -0.272 e. The second-order valence-electron chi connectivity index (χ2n) is 10.0. The van der Waals surface area contributed by atoms with E-state index in [9.17, 15) is 14.4 Å². The molecule has 0 fully saturated rings. The van der Waals surface area contributed by atoms with Crippen LogP contribution >= 0.6 is 0 Å². The molecule has 0 aromatic heterocycles. The Morgan fingerprint density at radius 1 is 0.919 bits per heavy atom. The highest BCUT2D eigenvalue weighted by Crippen LogP contribution is 2.36. The van der Waals surface area contributed by atoms with Crippen molar-refractivity contribution in [3.05, 3.63) is 59.7 Å². The molecule has 8 nitrogen and oxygen atoms in total. The monoisotopic (exact) mass is 511 g/mol. The van der Waals surface area contributed by atoms with Crippen molar-refractivity contribution in [2.24, 2.45) is 11.3 Å². The number of urea groups is 1. The molecule has 0 saturated heterocycles. The Balaban J connectivity index is 1.84. The van der Waals surface area contributed by atoms with Crippen LogP contribution in [0.3, 0.4) is 0 Å². The molecule has 2 rings (SSSR count). The van der Waals surface area contributed by atoms with E-state index in [2.05, 4.69) is 23.9 Å². The second kappa shape index (κ2) is 15.9. The summed E-state index contributed by atoms with van der Waals surface area (Å²) in [5.41, 5.74) is 5.76. The van der Waals surface area contributed by atoms with Crippen LogP contribution < -0.4 is 16.7 Å². The minimum atomic E-state index is -0.766. The van der Waals surface area contributed by atoms with E-state index < -0.39 is 17.4 Å². The van der Waals surface area contributed by atoms with Gasteiger partial charge in [0.05, 0.1) is 5.41 Å². The number of hydrazine groups is 3. The van der Waals surface area contributed by atoms with Crippen LogP contribution in [0, 0.1) is 5.41 Å². The number of amides is 4. The normalized spacial score (nSPS) is 16.6. The topological polar surface area (TPSA) is 108 Å². The van der Waals surface area contributed by atoms with Crippen molar-refractivity contribution in [3.8, 4) is 0 Å². The number of carbonyl (C=O) groups excluding carboxylic acids is 3. The van der Waals surface area contributed by atoms with Crippen molar-refractivity contribution in [1.82, 2.24) is 21.0 Å². The van der Waals surface area contributed by atoms with Crippen molar-refractivity contribution < 1.29 is 14.4 Å². The molecule has 1 aliphatic rings. The lowest BCUT2D eigenvalue weighted by Gasteiger charge is -2.33. The zero-order chi connectivity index (χ0) is 27.1. The van der Waals surface area contributed by atoms with Gasteiger partial charge in [-0.25, -0.2) is 21.1 Å². The molecule has 1 atom stereocenters. The van der Waals surface area contributed by atoms with E-state index in [4.69, 9.17) is 5.84 Å². The highest BCUT2D eigenvalue weighted by atomic mass is 16.2. The summed E-state index contributed by atoms with van der Waals surface area (Å²) in [6.45, 7) is 4.25. The second-order valence-corrected chi connectivity index (χ2v) is 10.0. The lowest BCUT2D eigenvalue weighted by Crippen LogP contribution is -2.60. The van der Waals surface area contributed by atoms with Crippen LogP contribution in [0.4, 0.5) is 4.79 Å². The fourth-order valence-electron chi connectivity index (χ4n) is 4.45. The van der Waals surface area contributed by atoms with Gasteiger partial charge in [0, 0.05) is 12.6 Å². The lowest BCUT2D eigenvalue weighted by atomic mass is 9.75. The summed E-state index contributed by atoms with van der Waals surface area (Å²) in [6, 6.07) is 7.67. The third-order valence-corrected chi connectivity index (χ3v) is 6.90. The SMILES string of the molecule is CCCCCCCCCCCCC1(C(=O)NN(C)C(=O)N(N)NC(=O)c2ccccc2)C=CC(C)=CC1. The Morgan fingerprint density at radius 2 is 1.51 bits per heavy atom. The molecule has 0 heterocycles. The Bertz CT molecular complexity index is 931. The highest BCUT2D eigenvalue weighted by Gasteiger charge is 2.37. The average Bonchev–Trinajstić information content (AvgIpc) is 2.90. The van der Waals surface area contributed by atoms with Gasteiger partial charge in [-0.2, -0.15) is 5.12 Å². The Labute approximate surface area is 222 Å². The maximum Gasteiger partial charge on any atom is 0.372 e. The first-order chi connectivity index (χ1) is 17.8. The van der Waals surface area contributed by atoms with E-state index in [0.717, 1.165) is 23.4 Å². The third kappa shape index (κ3) is 10.0. The summed E-state index contributed by atoms with van der Waals surface area (Å²) >= 11 is 0. The minimum absolute atomic E-state index is 0.262. The van der Waals surface area contributed by atoms with Gasteiger partial charge in [0.1, 0.15) is 0 Å². The van der Waals surface area contributed by atoms with Gasteiger partial charge < -0.3 is 0 Å². The molecule has 1 aliphatic carbocycles. The third-order valence-electron chi connectivity index (χ3n) is 6.90. The molecule has 0 bridgehead atoms. The Hall–Kier alpha value is -3.13. The molecular formula is C29H45N5O3. The summed E-state index contributed by atoms with van der Waals surface area (Å²) in [5.74, 6) is 4.98. The average molecular weight is 512 g/mol. The molecule has 1 unspecified atom stereocenters. The summed E-state index contributed by atoms with van der Waals surface area (Å²) in [7, 11) is 1.41. The molecule has 4 N–H and O–H groups in total. The summed E-state index contributed by atoms with van der Waals surface area (Å²) in [4.78, 5) is 38.4. The standard InChI is InChI=1S/C29H45N5O3/c1-4-5-6-7-8-9-10-11-12-16-21-29(22-19-24(2)20-23-29)27(36)32-33(3)28(37)34(30)31-26(35)25-17-14-13-15-18-25/h13-15,17-20,22H,4-12,16,21,23,30H2,1-3H3,(H,31,35)(H,32,36). The van der Waals surface area contributed by atoms with Crippen molar-refractivity contribution in [2.45, 2.75) is 90.9 Å². The molecule has 8 heteroatoms. The molecule has 4 amide bonds. The Morgan fingerprint density at radius 3 is 2.08 bits per heavy atom. The summed E-state index contributed by atoms with van der Waals surface area (Å²) in [5, 5.41) is 1.58. The molecule has 0 aliphatic heterocycles. The van der Waals surface area contributed by atoms with E-state index in [1.807, 2.05) is 19.1 Å². The van der Waals surface area contributed by atoms with E-state index in [-0.39, 0.29) is 5.91 Å². The summed E-state index contributed by atoms with van der Waals surface area (Å²) in [6.07, 6.45) is 19.6. The van der Waals surface area contributed by atoms with E-state index in [1.165, 1.54) is 58.4 Å². The van der Waals surface area contributed by atoms with Crippen molar-refractivity contribution in [3.63, 3.8) is 0 Å². The predicted octanol–water partition coefficient (Wildman–Crippen LogP) is 5.79. The largest absolute Gasteiger partial charge is 0.372 e. The van der Waals surface area contributed by atoms with Crippen LogP contribution in [-0.4, -0.2) is 35.0 Å². The number of unbranched alkanes of at least 4 members (excludes halogenated alkanes) is 9. The number of nitrogens with two attached hydrogens (primary N) is 1.